The number of carbonyl (C=O) groups is 1. The highest BCUT2D eigenvalue weighted by molar-refractivity contribution is 6.25. The standard InChI is InChI=1S/C13H12O/c1-8-2-4-9(5-3-8)11-6-10-7-12(10)13(11)14/h2-6,10,12H,7H2,1H3. The Labute approximate surface area is 83.4 Å². The van der Waals surface area contributed by atoms with Crippen LogP contribution in [-0.2, 0) is 4.79 Å². The van der Waals surface area contributed by atoms with E-state index < -0.39 is 0 Å². The summed E-state index contributed by atoms with van der Waals surface area (Å²) >= 11 is 0. The average molecular weight is 184 g/mol. The molecule has 1 aromatic rings. The summed E-state index contributed by atoms with van der Waals surface area (Å²) in [4.78, 5) is 11.8. The Kier molecular flexibility index (Phi) is 1.46. The fraction of sp³-hybridized carbons (Fsp3) is 0.308. The molecule has 2 aliphatic rings. The molecule has 0 heterocycles. The third kappa shape index (κ3) is 1.05. The van der Waals surface area contributed by atoms with Gasteiger partial charge >= 0.3 is 0 Å². The Morgan fingerprint density at radius 1 is 1.21 bits per heavy atom. The molecule has 0 saturated heterocycles. The first-order valence-corrected chi connectivity index (χ1v) is 5.09. The molecule has 2 aliphatic carbocycles. The van der Waals surface area contributed by atoms with Gasteiger partial charge in [0.2, 0.25) is 0 Å². The summed E-state index contributed by atoms with van der Waals surface area (Å²) < 4.78 is 0. The van der Waals surface area contributed by atoms with Crippen LogP contribution in [0.2, 0.25) is 0 Å². The highest BCUT2D eigenvalue weighted by atomic mass is 16.1. The number of benzene rings is 1. The Morgan fingerprint density at radius 3 is 2.50 bits per heavy atom. The molecule has 0 bridgehead atoms. The topological polar surface area (TPSA) is 17.1 Å². The van der Waals surface area contributed by atoms with Crippen molar-refractivity contribution in [1.82, 2.24) is 0 Å². The molecule has 3 rings (SSSR count). The molecule has 0 N–H and O–H groups in total. The van der Waals surface area contributed by atoms with Crippen molar-refractivity contribution in [2.24, 2.45) is 11.8 Å². The van der Waals surface area contributed by atoms with Crippen molar-refractivity contribution in [3.8, 4) is 0 Å². The Morgan fingerprint density at radius 2 is 1.93 bits per heavy atom. The summed E-state index contributed by atoms with van der Waals surface area (Å²) in [6.07, 6.45) is 3.24. The van der Waals surface area contributed by atoms with Crippen LogP contribution < -0.4 is 0 Å². The van der Waals surface area contributed by atoms with E-state index in [2.05, 4.69) is 25.1 Å². The molecule has 2 unspecified atom stereocenters. The van der Waals surface area contributed by atoms with Crippen LogP contribution in [0.4, 0.5) is 0 Å². The lowest BCUT2D eigenvalue weighted by Gasteiger charge is -2.02. The van der Waals surface area contributed by atoms with Gasteiger partial charge in [0.1, 0.15) is 0 Å². The number of Topliss-reactive ketones (excluding diaryl/α,β-unsaturated/α-hetero) is 1. The van der Waals surface area contributed by atoms with Gasteiger partial charge in [-0.15, -0.1) is 0 Å². The van der Waals surface area contributed by atoms with E-state index in [1.54, 1.807) is 0 Å². The number of fused-ring (bicyclic) bond motifs is 1. The predicted molar refractivity (Wildman–Crippen MR) is 55.8 cm³/mol. The maximum atomic E-state index is 11.8. The Bertz CT molecular complexity index is 425. The summed E-state index contributed by atoms with van der Waals surface area (Å²) in [7, 11) is 0. The highest BCUT2D eigenvalue weighted by Crippen LogP contribution is 2.50. The lowest BCUT2D eigenvalue weighted by molar-refractivity contribution is -0.114. The van der Waals surface area contributed by atoms with Crippen LogP contribution in [0.1, 0.15) is 17.5 Å². The van der Waals surface area contributed by atoms with Gasteiger partial charge in [0, 0.05) is 11.5 Å². The van der Waals surface area contributed by atoms with Crippen molar-refractivity contribution in [3.63, 3.8) is 0 Å². The van der Waals surface area contributed by atoms with Gasteiger partial charge in [-0.2, -0.15) is 0 Å². The lowest BCUT2D eigenvalue weighted by Crippen LogP contribution is -2.00. The van der Waals surface area contributed by atoms with E-state index >= 15 is 0 Å². The van der Waals surface area contributed by atoms with E-state index in [0.717, 1.165) is 17.6 Å². The lowest BCUT2D eigenvalue weighted by atomic mass is 10.0. The summed E-state index contributed by atoms with van der Waals surface area (Å²) in [6, 6.07) is 8.22. The molecule has 0 spiro atoms. The molecule has 1 aromatic carbocycles. The first-order valence-electron chi connectivity index (χ1n) is 5.09. The van der Waals surface area contributed by atoms with Crippen molar-refractivity contribution >= 4 is 11.4 Å². The number of allylic oxidation sites excluding steroid dienone is 2. The smallest absolute Gasteiger partial charge is 0.166 e. The minimum Gasteiger partial charge on any atom is -0.294 e. The van der Waals surface area contributed by atoms with Crippen LogP contribution in [-0.4, -0.2) is 5.78 Å². The molecule has 14 heavy (non-hydrogen) atoms. The van der Waals surface area contributed by atoms with Gasteiger partial charge in [-0.3, -0.25) is 4.79 Å². The second-order valence-electron chi connectivity index (χ2n) is 4.32. The van der Waals surface area contributed by atoms with Crippen LogP contribution in [0.15, 0.2) is 30.3 Å². The van der Waals surface area contributed by atoms with Gasteiger partial charge in [-0.1, -0.05) is 35.9 Å². The normalized spacial score (nSPS) is 28.6. The number of rotatable bonds is 1. The third-order valence-corrected chi connectivity index (χ3v) is 3.19. The SMILES string of the molecule is Cc1ccc(C2=CC3CC3C2=O)cc1. The van der Waals surface area contributed by atoms with Gasteiger partial charge in [0.25, 0.3) is 0 Å². The van der Waals surface area contributed by atoms with Crippen LogP contribution in [0.25, 0.3) is 5.57 Å². The molecular formula is C13H12O. The second kappa shape index (κ2) is 2.57. The van der Waals surface area contributed by atoms with E-state index in [4.69, 9.17) is 0 Å². The molecule has 1 saturated carbocycles. The van der Waals surface area contributed by atoms with E-state index in [1.165, 1.54) is 5.56 Å². The quantitative estimate of drug-likeness (QED) is 0.655. The molecule has 70 valence electrons. The molecule has 0 radical (unpaired) electrons. The zero-order valence-electron chi connectivity index (χ0n) is 8.16. The van der Waals surface area contributed by atoms with E-state index in [9.17, 15) is 4.79 Å². The number of carbonyl (C=O) groups excluding carboxylic acids is 1. The van der Waals surface area contributed by atoms with Crippen LogP contribution >= 0.6 is 0 Å². The Hall–Kier alpha value is -1.37. The van der Waals surface area contributed by atoms with Crippen molar-refractivity contribution in [2.45, 2.75) is 13.3 Å². The monoisotopic (exact) mass is 184 g/mol. The van der Waals surface area contributed by atoms with Gasteiger partial charge in [-0.25, -0.2) is 0 Å². The molecule has 0 aromatic heterocycles. The zero-order valence-corrected chi connectivity index (χ0v) is 8.16. The summed E-state index contributed by atoms with van der Waals surface area (Å²) in [5.41, 5.74) is 3.28. The maximum absolute atomic E-state index is 11.8. The average Bonchev–Trinajstić information content (AvgIpc) is 2.88. The largest absolute Gasteiger partial charge is 0.294 e. The van der Waals surface area contributed by atoms with Gasteiger partial charge in [-0.05, 0) is 24.8 Å². The fourth-order valence-corrected chi connectivity index (χ4v) is 2.17. The maximum Gasteiger partial charge on any atom is 0.166 e. The zero-order chi connectivity index (χ0) is 9.71. The van der Waals surface area contributed by atoms with Crippen LogP contribution in [0.3, 0.4) is 0 Å². The van der Waals surface area contributed by atoms with Crippen molar-refractivity contribution < 1.29 is 4.79 Å². The van der Waals surface area contributed by atoms with E-state index in [0.29, 0.717) is 17.6 Å². The molecule has 1 fully saturated rings. The van der Waals surface area contributed by atoms with Crippen molar-refractivity contribution in [3.05, 3.63) is 41.5 Å². The number of hydrogen-bond acceptors (Lipinski definition) is 1. The van der Waals surface area contributed by atoms with Gasteiger partial charge in [0.05, 0.1) is 0 Å². The summed E-state index contributed by atoms with van der Waals surface area (Å²) in [6.45, 7) is 2.06. The minimum atomic E-state index is 0.339. The van der Waals surface area contributed by atoms with Crippen molar-refractivity contribution in [2.75, 3.05) is 0 Å². The van der Waals surface area contributed by atoms with E-state index in [-0.39, 0.29) is 0 Å². The number of hydrogen-bond donors (Lipinski definition) is 0. The molecule has 0 aliphatic heterocycles. The van der Waals surface area contributed by atoms with Crippen molar-refractivity contribution in [1.29, 1.82) is 0 Å². The summed E-state index contributed by atoms with van der Waals surface area (Å²) in [5.74, 6) is 1.27. The predicted octanol–water partition coefficient (Wildman–Crippen LogP) is 2.60. The van der Waals surface area contributed by atoms with Gasteiger partial charge < -0.3 is 0 Å². The fourth-order valence-electron chi connectivity index (χ4n) is 2.17. The van der Waals surface area contributed by atoms with Crippen LogP contribution in [0.5, 0.6) is 0 Å². The second-order valence-corrected chi connectivity index (χ2v) is 4.32. The molecule has 0 amide bonds. The Balaban J connectivity index is 2.00. The highest BCUT2D eigenvalue weighted by Gasteiger charge is 2.47. The molecular weight excluding hydrogens is 172 g/mol. The molecule has 1 nitrogen and oxygen atoms in total. The first-order chi connectivity index (χ1) is 6.75. The summed E-state index contributed by atoms with van der Waals surface area (Å²) in [5, 5.41) is 0. The van der Waals surface area contributed by atoms with E-state index in [1.807, 2.05) is 12.1 Å². The molecule has 1 heteroatoms. The number of aryl methyl sites for hydroxylation is 1. The van der Waals surface area contributed by atoms with Gasteiger partial charge in [0.15, 0.2) is 5.78 Å². The third-order valence-electron chi connectivity index (χ3n) is 3.19. The minimum absolute atomic E-state index is 0.339. The molecule has 2 atom stereocenters. The number of ketones is 1. The first kappa shape index (κ1) is 7.98. The van der Waals surface area contributed by atoms with Crippen LogP contribution in [0, 0.1) is 18.8 Å².